The Kier molecular flexibility index (Phi) is 4.51. The zero-order chi connectivity index (χ0) is 17.1. The van der Waals surface area contributed by atoms with E-state index in [1.807, 2.05) is 71.9 Å². The number of rotatable bonds is 5. The maximum atomic E-state index is 12.7. The molecule has 0 saturated carbocycles. The minimum absolute atomic E-state index is 0.0867. The van der Waals surface area contributed by atoms with Crippen LogP contribution in [0.15, 0.2) is 48.8 Å². The van der Waals surface area contributed by atoms with Gasteiger partial charge in [0.25, 0.3) is 5.91 Å². The van der Waals surface area contributed by atoms with Gasteiger partial charge < -0.3 is 9.88 Å². The number of hydrogen-bond acceptors (Lipinski definition) is 2. The van der Waals surface area contributed by atoms with Crippen LogP contribution in [-0.2, 0) is 0 Å². The van der Waals surface area contributed by atoms with Gasteiger partial charge in [-0.1, -0.05) is 24.6 Å². The summed E-state index contributed by atoms with van der Waals surface area (Å²) in [4.78, 5) is 12.7. The van der Waals surface area contributed by atoms with Crippen LogP contribution in [0.4, 0.5) is 0 Å². The van der Waals surface area contributed by atoms with Gasteiger partial charge in [0.1, 0.15) is 5.56 Å². The molecule has 24 heavy (non-hydrogen) atoms. The minimum atomic E-state index is -0.0867. The van der Waals surface area contributed by atoms with E-state index in [0.717, 1.165) is 17.9 Å². The van der Waals surface area contributed by atoms with Crippen LogP contribution in [-0.4, -0.2) is 26.8 Å². The van der Waals surface area contributed by atoms with Gasteiger partial charge in [-0.05, 0) is 44.5 Å². The minimum Gasteiger partial charge on any atom is -0.352 e. The molecular weight excluding hydrogens is 300 g/mol. The van der Waals surface area contributed by atoms with Crippen molar-refractivity contribution in [1.82, 2.24) is 19.7 Å². The van der Waals surface area contributed by atoms with Crippen molar-refractivity contribution in [3.63, 3.8) is 0 Å². The van der Waals surface area contributed by atoms with Crippen molar-refractivity contribution in [3.05, 3.63) is 65.6 Å². The fraction of sp³-hybridized carbons (Fsp3) is 0.263. The molecule has 5 nitrogen and oxygen atoms in total. The van der Waals surface area contributed by atoms with Gasteiger partial charge in [-0.3, -0.25) is 4.79 Å². The number of nitrogens with one attached hydrogen (secondary N) is 1. The van der Waals surface area contributed by atoms with Gasteiger partial charge in [-0.2, -0.15) is 5.10 Å². The first kappa shape index (κ1) is 16.1. The van der Waals surface area contributed by atoms with Gasteiger partial charge in [-0.15, -0.1) is 0 Å². The van der Waals surface area contributed by atoms with Crippen LogP contribution in [0.2, 0.25) is 0 Å². The van der Waals surface area contributed by atoms with Crippen molar-refractivity contribution in [1.29, 1.82) is 0 Å². The summed E-state index contributed by atoms with van der Waals surface area (Å²) in [6.45, 7) is 6.61. The largest absolute Gasteiger partial charge is 0.352 e. The molecule has 2 aromatic heterocycles. The highest BCUT2D eigenvalue weighted by Crippen LogP contribution is 2.23. The van der Waals surface area contributed by atoms with Gasteiger partial charge >= 0.3 is 0 Å². The summed E-state index contributed by atoms with van der Waals surface area (Å²) in [6.07, 6.45) is 4.76. The molecule has 0 spiro atoms. The number of carbonyl (C=O) groups is 1. The second-order valence-corrected chi connectivity index (χ2v) is 5.88. The van der Waals surface area contributed by atoms with E-state index in [1.165, 1.54) is 5.56 Å². The van der Waals surface area contributed by atoms with E-state index in [0.29, 0.717) is 17.8 Å². The first-order valence-electron chi connectivity index (χ1n) is 8.20. The first-order valence-corrected chi connectivity index (χ1v) is 8.20. The molecule has 2 heterocycles. The summed E-state index contributed by atoms with van der Waals surface area (Å²) >= 11 is 0. The fourth-order valence-electron chi connectivity index (χ4n) is 2.69. The highest BCUT2D eigenvalue weighted by Gasteiger charge is 2.23. The van der Waals surface area contributed by atoms with Crippen molar-refractivity contribution < 1.29 is 4.79 Å². The number of nitrogens with zero attached hydrogens (tertiary/aromatic N) is 3. The highest BCUT2D eigenvalue weighted by molar-refractivity contribution is 5.98. The van der Waals surface area contributed by atoms with E-state index in [2.05, 4.69) is 17.3 Å². The molecular formula is C19H22N4O. The lowest BCUT2D eigenvalue weighted by atomic mass is 10.2. The smallest absolute Gasteiger partial charge is 0.256 e. The third-order valence-corrected chi connectivity index (χ3v) is 3.93. The monoisotopic (exact) mass is 322 g/mol. The van der Waals surface area contributed by atoms with Crippen molar-refractivity contribution in [2.75, 3.05) is 6.54 Å². The van der Waals surface area contributed by atoms with Crippen LogP contribution in [0.1, 0.15) is 35.0 Å². The average Bonchev–Trinajstić information content (AvgIpc) is 3.20. The highest BCUT2D eigenvalue weighted by atomic mass is 16.1. The van der Waals surface area contributed by atoms with Gasteiger partial charge in [0.2, 0.25) is 0 Å². The fourth-order valence-corrected chi connectivity index (χ4v) is 2.69. The predicted molar refractivity (Wildman–Crippen MR) is 95.0 cm³/mol. The Bertz CT molecular complexity index is 829. The predicted octanol–water partition coefficient (Wildman–Crippen LogP) is 3.42. The molecule has 0 radical (unpaired) electrons. The second kappa shape index (κ2) is 6.74. The summed E-state index contributed by atoms with van der Waals surface area (Å²) in [5, 5.41) is 7.59. The van der Waals surface area contributed by atoms with E-state index < -0.39 is 0 Å². The maximum absolute atomic E-state index is 12.7. The third kappa shape index (κ3) is 2.97. The summed E-state index contributed by atoms with van der Waals surface area (Å²) in [5.41, 5.74) is 3.45. The molecule has 1 N–H and O–H groups in total. The lowest BCUT2D eigenvalue weighted by Crippen LogP contribution is -2.25. The number of aryl methyl sites for hydroxylation is 2. The van der Waals surface area contributed by atoms with Crippen LogP contribution in [0.5, 0.6) is 0 Å². The lowest BCUT2D eigenvalue weighted by molar-refractivity contribution is 0.0953. The van der Waals surface area contributed by atoms with Crippen LogP contribution >= 0.6 is 0 Å². The maximum Gasteiger partial charge on any atom is 0.256 e. The number of carbonyl (C=O) groups excluding carboxylic acids is 1. The second-order valence-electron chi connectivity index (χ2n) is 5.88. The molecule has 0 unspecified atom stereocenters. The van der Waals surface area contributed by atoms with Crippen molar-refractivity contribution in [2.45, 2.75) is 27.2 Å². The molecule has 5 heteroatoms. The molecule has 0 aliphatic heterocycles. The Balaban J connectivity index is 2.16. The summed E-state index contributed by atoms with van der Waals surface area (Å²) < 4.78 is 3.76. The van der Waals surface area contributed by atoms with Crippen LogP contribution in [0.25, 0.3) is 11.5 Å². The molecule has 0 fully saturated rings. The van der Waals surface area contributed by atoms with Crippen LogP contribution in [0, 0.1) is 13.8 Å². The SMILES string of the molecule is CCCNC(=O)c1c(C)nn(-c2ccc(C)cc2)c1-n1cccc1. The molecule has 0 saturated heterocycles. The van der Waals surface area contributed by atoms with E-state index in [1.54, 1.807) is 0 Å². The standard InChI is InChI=1S/C19H22N4O/c1-4-11-20-18(24)17-15(3)21-23(16-9-7-14(2)8-10-16)19(17)22-12-5-6-13-22/h5-10,12-13H,4,11H2,1-3H3,(H,20,24). The molecule has 0 aliphatic carbocycles. The third-order valence-electron chi connectivity index (χ3n) is 3.93. The van der Waals surface area contributed by atoms with E-state index in [-0.39, 0.29) is 5.91 Å². The quantitative estimate of drug-likeness (QED) is 0.782. The number of aromatic nitrogens is 3. The van der Waals surface area contributed by atoms with Crippen LogP contribution < -0.4 is 5.32 Å². The lowest BCUT2D eigenvalue weighted by Gasteiger charge is -2.11. The van der Waals surface area contributed by atoms with E-state index in [9.17, 15) is 4.79 Å². The van der Waals surface area contributed by atoms with Crippen molar-refractivity contribution in [2.24, 2.45) is 0 Å². The Hall–Kier alpha value is -2.82. The molecule has 0 aliphatic rings. The first-order chi connectivity index (χ1) is 11.6. The van der Waals surface area contributed by atoms with Gasteiger partial charge in [0, 0.05) is 18.9 Å². The van der Waals surface area contributed by atoms with Crippen molar-refractivity contribution in [3.8, 4) is 11.5 Å². The van der Waals surface area contributed by atoms with Gasteiger partial charge in [0.05, 0.1) is 11.4 Å². The Morgan fingerprint density at radius 2 is 1.79 bits per heavy atom. The number of benzene rings is 1. The summed E-state index contributed by atoms with van der Waals surface area (Å²) in [7, 11) is 0. The topological polar surface area (TPSA) is 51.9 Å². The molecule has 0 bridgehead atoms. The molecule has 1 aromatic carbocycles. The van der Waals surface area contributed by atoms with Crippen LogP contribution in [0.3, 0.4) is 0 Å². The van der Waals surface area contributed by atoms with Gasteiger partial charge in [-0.25, -0.2) is 4.68 Å². The molecule has 3 rings (SSSR count). The molecule has 3 aromatic rings. The average molecular weight is 322 g/mol. The van der Waals surface area contributed by atoms with Gasteiger partial charge in [0.15, 0.2) is 5.82 Å². The molecule has 0 atom stereocenters. The Morgan fingerprint density at radius 1 is 1.12 bits per heavy atom. The van der Waals surface area contributed by atoms with E-state index >= 15 is 0 Å². The molecule has 1 amide bonds. The zero-order valence-corrected chi connectivity index (χ0v) is 14.3. The summed E-state index contributed by atoms with van der Waals surface area (Å²) in [5.74, 6) is 0.673. The van der Waals surface area contributed by atoms with E-state index in [4.69, 9.17) is 0 Å². The molecule has 124 valence electrons. The zero-order valence-electron chi connectivity index (χ0n) is 14.3. The Labute approximate surface area is 141 Å². The normalized spacial score (nSPS) is 10.8. The summed E-state index contributed by atoms with van der Waals surface area (Å²) in [6, 6.07) is 12.0. The number of amides is 1. The number of hydrogen-bond donors (Lipinski definition) is 1. The Morgan fingerprint density at radius 3 is 2.42 bits per heavy atom. The van der Waals surface area contributed by atoms with Crippen molar-refractivity contribution >= 4 is 5.91 Å².